The highest BCUT2D eigenvalue weighted by Gasteiger charge is 2.66. The van der Waals surface area contributed by atoms with Gasteiger partial charge in [0, 0.05) is 5.92 Å². The molecule has 2 rings (SSSR count). The van der Waals surface area contributed by atoms with Crippen molar-refractivity contribution >= 4 is 17.5 Å². The standard InChI is InChI=1S/C14H15NO5/c1-4-5-9-6-7-10(16)12(18)14(9)11(17)8(2)15(20-3)13(14)19/h4-7,9,12,18H,2H2,1,3H3/b5-4+/t9?,12-,14-/m0/s1. The van der Waals surface area contributed by atoms with Crippen molar-refractivity contribution in [2.45, 2.75) is 13.0 Å². The lowest BCUT2D eigenvalue weighted by Crippen LogP contribution is -2.55. The number of hydroxylamine groups is 2. The molecule has 0 saturated carbocycles. The Bertz CT molecular complexity index is 562. The van der Waals surface area contributed by atoms with Crippen LogP contribution in [0.25, 0.3) is 0 Å². The van der Waals surface area contributed by atoms with Crippen LogP contribution in [0, 0.1) is 11.3 Å². The van der Waals surface area contributed by atoms with Crippen LogP contribution < -0.4 is 0 Å². The van der Waals surface area contributed by atoms with Crippen molar-refractivity contribution in [3.05, 3.63) is 36.6 Å². The van der Waals surface area contributed by atoms with Crippen LogP contribution in [0.3, 0.4) is 0 Å². The molecular formula is C14H15NO5. The lowest BCUT2D eigenvalue weighted by atomic mass is 9.64. The monoisotopic (exact) mass is 277 g/mol. The van der Waals surface area contributed by atoms with Crippen molar-refractivity contribution in [3.8, 4) is 0 Å². The van der Waals surface area contributed by atoms with Gasteiger partial charge in [-0.15, -0.1) is 0 Å². The van der Waals surface area contributed by atoms with Gasteiger partial charge in [0.15, 0.2) is 11.2 Å². The summed E-state index contributed by atoms with van der Waals surface area (Å²) in [5.41, 5.74) is -2.10. The molecule has 0 bridgehead atoms. The minimum atomic E-state index is -1.91. The number of allylic oxidation sites excluding steroid dienone is 4. The first-order chi connectivity index (χ1) is 9.42. The van der Waals surface area contributed by atoms with Gasteiger partial charge in [-0.05, 0) is 13.0 Å². The molecule has 20 heavy (non-hydrogen) atoms. The minimum absolute atomic E-state index is 0.186. The molecule has 1 amide bonds. The second-order valence-electron chi connectivity index (χ2n) is 4.64. The smallest absolute Gasteiger partial charge is 0.269 e. The molecule has 1 spiro atoms. The van der Waals surface area contributed by atoms with Gasteiger partial charge in [0.2, 0.25) is 5.78 Å². The third-order valence-corrected chi connectivity index (χ3v) is 3.70. The Labute approximate surface area is 116 Å². The minimum Gasteiger partial charge on any atom is -0.383 e. The van der Waals surface area contributed by atoms with Crippen molar-refractivity contribution in [2.24, 2.45) is 11.3 Å². The van der Waals surface area contributed by atoms with Crippen molar-refractivity contribution in [1.82, 2.24) is 5.06 Å². The van der Waals surface area contributed by atoms with Crippen LogP contribution in [0.4, 0.5) is 0 Å². The predicted molar refractivity (Wildman–Crippen MR) is 68.9 cm³/mol. The van der Waals surface area contributed by atoms with Gasteiger partial charge in [0.25, 0.3) is 5.91 Å². The van der Waals surface area contributed by atoms with E-state index < -0.39 is 34.9 Å². The molecule has 6 nitrogen and oxygen atoms in total. The van der Waals surface area contributed by atoms with Gasteiger partial charge in [-0.3, -0.25) is 19.2 Å². The van der Waals surface area contributed by atoms with Crippen LogP contribution in [0.5, 0.6) is 0 Å². The van der Waals surface area contributed by atoms with E-state index >= 15 is 0 Å². The molecule has 3 atom stereocenters. The topological polar surface area (TPSA) is 83.9 Å². The summed E-state index contributed by atoms with van der Waals surface area (Å²) in [7, 11) is 1.22. The van der Waals surface area contributed by atoms with Gasteiger partial charge < -0.3 is 5.11 Å². The Morgan fingerprint density at radius 3 is 2.60 bits per heavy atom. The number of carbonyl (C=O) groups is 3. The normalized spacial score (nSPS) is 34.0. The van der Waals surface area contributed by atoms with E-state index in [1.807, 2.05) is 0 Å². The van der Waals surface area contributed by atoms with E-state index in [0.717, 1.165) is 5.06 Å². The Hall–Kier alpha value is -2.05. The van der Waals surface area contributed by atoms with E-state index in [1.165, 1.54) is 19.3 Å². The average molecular weight is 277 g/mol. The molecule has 0 radical (unpaired) electrons. The quantitative estimate of drug-likeness (QED) is 0.441. The molecule has 106 valence electrons. The lowest BCUT2D eigenvalue weighted by Gasteiger charge is -2.35. The highest BCUT2D eigenvalue weighted by atomic mass is 16.7. The summed E-state index contributed by atoms with van der Waals surface area (Å²) in [6, 6.07) is 0. The van der Waals surface area contributed by atoms with E-state index in [-0.39, 0.29) is 5.70 Å². The summed E-state index contributed by atoms with van der Waals surface area (Å²) in [6.45, 7) is 5.22. The van der Waals surface area contributed by atoms with Crippen LogP contribution in [0.1, 0.15) is 6.92 Å². The summed E-state index contributed by atoms with van der Waals surface area (Å²) in [5.74, 6) is -2.88. The van der Waals surface area contributed by atoms with Gasteiger partial charge in [0.1, 0.15) is 11.8 Å². The maximum Gasteiger partial charge on any atom is 0.269 e. The molecule has 1 aliphatic heterocycles. The molecule has 2 aliphatic rings. The van der Waals surface area contributed by atoms with Crippen molar-refractivity contribution in [3.63, 3.8) is 0 Å². The molecule has 1 N–H and O–H groups in total. The van der Waals surface area contributed by atoms with E-state index in [9.17, 15) is 19.5 Å². The SMILES string of the molecule is C=C1C(=O)[C@@]2(C(=O)N1OC)C(/C=C/C)C=CC(=O)[C@@H]2O. The first kappa shape index (κ1) is 14.4. The van der Waals surface area contributed by atoms with Crippen LogP contribution >= 0.6 is 0 Å². The number of carbonyl (C=O) groups excluding carboxylic acids is 3. The highest BCUT2D eigenvalue weighted by Crippen LogP contribution is 2.47. The lowest BCUT2D eigenvalue weighted by molar-refractivity contribution is -0.175. The van der Waals surface area contributed by atoms with Gasteiger partial charge in [-0.25, -0.2) is 0 Å². The first-order valence-corrected chi connectivity index (χ1v) is 6.08. The molecule has 6 heteroatoms. The maximum absolute atomic E-state index is 12.5. The van der Waals surface area contributed by atoms with Gasteiger partial charge in [-0.1, -0.05) is 24.8 Å². The van der Waals surface area contributed by atoms with E-state index in [2.05, 4.69) is 6.58 Å². The summed E-state index contributed by atoms with van der Waals surface area (Å²) < 4.78 is 0. The number of ketones is 2. The predicted octanol–water partition coefficient (Wildman–Crippen LogP) is 0.151. The van der Waals surface area contributed by atoms with Crippen molar-refractivity contribution in [1.29, 1.82) is 0 Å². The molecule has 1 fully saturated rings. The Morgan fingerprint density at radius 2 is 2.10 bits per heavy atom. The number of amides is 1. The maximum atomic E-state index is 12.5. The molecule has 1 saturated heterocycles. The van der Waals surface area contributed by atoms with Crippen LogP contribution in [0.2, 0.25) is 0 Å². The number of hydrogen-bond donors (Lipinski definition) is 1. The van der Waals surface area contributed by atoms with Crippen molar-refractivity contribution in [2.75, 3.05) is 7.11 Å². The number of aliphatic hydroxyl groups excluding tert-OH is 1. The Kier molecular flexibility index (Phi) is 3.45. The highest BCUT2D eigenvalue weighted by molar-refractivity contribution is 6.24. The average Bonchev–Trinajstić information content (AvgIpc) is 2.61. The number of nitrogens with zero attached hydrogens (tertiary/aromatic N) is 1. The third kappa shape index (κ3) is 1.55. The fraction of sp³-hybridized carbons (Fsp3) is 0.357. The zero-order chi connectivity index (χ0) is 15.1. The number of Topliss-reactive ketones (excluding diaryl/α,β-unsaturated/α-hetero) is 1. The largest absolute Gasteiger partial charge is 0.383 e. The van der Waals surface area contributed by atoms with Gasteiger partial charge >= 0.3 is 0 Å². The third-order valence-electron chi connectivity index (χ3n) is 3.70. The molecule has 0 aromatic heterocycles. The van der Waals surface area contributed by atoms with E-state index in [4.69, 9.17) is 4.84 Å². The second-order valence-corrected chi connectivity index (χ2v) is 4.64. The molecular weight excluding hydrogens is 262 g/mol. The van der Waals surface area contributed by atoms with Crippen LogP contribution in [-0.2, 0) is 19.2 Å². The first-order valence-electron chi connectivity index (χ1n) is 6.08. The Balaban J connectivity index is 2.68. The molecule has 0 aromatic carbocycles. The summed E-state index contributed by atoms with van der Waals surface area (Å²) in [5, 5.41) is 10.9. The van der Waals surface area contributed by atoms with E-state index in [0.29, 0.717) is 0 Å². The molecule has 1 unspecified atom stereocenters. The van der Waals surface area contributed by atoms with Crippen LogP contribution in [-0.4, -0.2) is 40.9 Å². The second kappa shape index (κ2) is 4.81. The summed E-state index contributed by atoms with van der Waals surface area (Å²) in [6.07, 6.45) is 4.12. The number of aliphatic hydroxyl groups is 1. The van der Waals surface area contributed by atoms with Crippen LogP contribution in [0.15, 0.2) is 36.6 Å². The molecule has 1 heterocycles. The van der Waals surface area contributed by atoms with E-state index in [1.54, 1.807) is 19.1 Å². The Morgan fingerprint density at radius 1 is 1.45 bits per heavy atom. The zero-order valence-electron chi connectivity index (χ0n) is 11.2. The van der Waals surface area contributed by atoms with Gasteiger partial charge in [-0.2, -0.15) is 5.06 Å². The van der Waals surface area contributed by atoms with Crippen molar-refractivity contribution < 1.29 is 24.3 Å². The summed E-state index contributed by atoms with van der Waals surface area (Å²) >= 11 is 0. The fourth-order valence-corrected chi connectivity index (χ4v) is 2.72. The number of hydrogen-bond acceptors (Lipinski definition) is 5. The molecule has 1 aliphatic carbocycles. The number of rotatable bonds is 2. The van der Waals surface area contributed by atoms with Gasteiger partial charge in [0.05, 0.1) is 7.11 Å². The zero-order valence-corrected chi connectivity index (χ0v) is 11.2. The molecule has 0 aromatic rings. The summed E-state index contributed by atoms with van der Waals surface area (Å²) in [4.78, 5) is 41.6. The fourth-order valence-electron chi connectivity index (χ4n) is 2.72.